The molecule has 0 aromatic heterocycles. The van der Waals surface area contributed by atoms with E-state index < -0.39 is 11.6 Å². The van der Waals surface area contributed by atoms with Crippen LogP contribution in [0.15, 0.2) is 54.6 Å². The fourth-order valence-corrected chi connectivity index (χ4v) is 4.01. The van der Waals surface area contributed by atoms with Gasteiger partial charge < -0.3 is 25.4 Å². The van der Waals surface area contributed by atoms with E-state index in [2.05, 4.69) is 10.9 Å². The highest BCUT2D eigenvalue weighted by molar-refractivity contribution is 7.80. The maximum atomic E-state index is 12.8. The second-order valence-corrected chi connectivity index (χ2v) is 7.29. The van der Waals surface area contributed by atoms with Crippen molar-refractivity contribution in [3.8, 4) is 23.0 Å². The number of aromatic hydroxyl groups is 2. The van der Waals surface area contributed by atoms with Crippen molar-refractivity contribution in [2.24, 2.45) is 5.73 Å². The van der Waals surface area contributed by atoms with Gasteiger partial charge in [0.25, 0.3) is 0 Å². The zero-order valence-electron chi connectivity index (χ0n) is 15.3. The van der Waals surface area contributed by atoms with Crippen molar-refractivity contribution < 1.29 is 24.5 Å². The number of phenolic OH excluding ortho intramolecular Hbond substituents is 2. The predicted molar refractivity (Wildman–Crippen MR) is 112 cm³/mol. The van der Waals surface area contributed by atoms with Gasteiger partial charge in [0.1, 0.15) is 22.9 Å². The number of phenols is 2. The zero-order valence-corrected chi connectivity index (χ0v) is 16.1. The van der Waals surface area contributed by atoms with Gasteiger partial charge in [0, 0.05) is 17.2 Å². The number of ether oxygens (including phenoxy) is 2. The number of fused-ring (bicyclic) bond motifs is 6. The number of carbonyl (C=O) groups is 1. The highest BCUT2D eigenvalue weighted by Gasteiger charge is 2.54. The number of thiocarbonyl (C=S) groups is 1. The highest BCUT2D eigenvalue weighted by atomic mass is 32.1. The van der Waals surface area contributed by atoms with Crippen LogP contribution in [0.3, 0.4) is 0 Å². The predicted octanol–water partition coefficient (Wildman–Crippen LogP) is 2.83. The molecule has 0 bridgehead atoms. The van der Waals surface area contributed by atoms with Crippen LogP contribution in [0, 0.1) is 0 Å². The summed E-state index contributed by atoms with van der Waals surface area (Å²) in [6.45, 7) is 0. The fourth-order valence-electron chi connectivity index (χ4n) is 3.96. The number of nitrogens with two attached hydrogens (primary N) is 1. The van der Waals surface area contributed by atoms with Crippen LogP contribution >= 0.6 is 12.2 Å². The van der Waals surface area contributed by atoms with Crippen LogP contribution in [0.1, 0.15) is 27.0 Å². The summed E-state index contributed by atoms with van der Waals surface area (Å²) < 4.78 is 12.0. The maximum absolute atomic E-state index is 12.8. The Kier molecular flexibility index (Phi) is 3.77. The number of hydrazine groups is 1. The molecule has 30 heavy (non-hydrogen) atoms. The average Bonchev–Trinajstić information content (AvgIpc) is 3.00. The third-order valence-electron chi connectivity index (χ3n) is 5.15. The first-order valence-corrected chi connectivity index (χ1v) is 9.34. The Hall–Kier alpha value is -3.98. The summed E-state index contributed by atoms with van der Waals surface area (Å²) in [5.74, 6) is -0.187. The van der Waals surface area contributed by atoms with Crippen LogP contribution in [0.5, 0.6) is 23.0 Å². The fraction of sp³-hybridized carbons (Fsp3) is 0.0476. The van der Waals surface area contributed by atoms with E-state index >= 15 is 0 Å². The lowest BCUT2D eigenvalue weighted by Crippen LogP contribution is -2.36. The van der Waals surface area contributed by atoms with E-state index in [4.69, 9.17) is 27.4 Å². The molecular weight excluding hydrogens is 406 g/mol. The summed E-state index contributed by atoms with van der Waals surface area (Å²) in [4.78, 5) is 12.8. The quantitative estimate of drug-likeness (QED) is 0.184. The van der Waals surface area contributed by atoms with E-state index in [1.807, 2.05) is 6.07 Å². The van der Waals surface area contributed by atoms with Crippen LogP contribution in [-0.2, 0) is 10.3 Å². The molecule has 2 aliphatic rings. The normalized spacial score (nSPS) is 17.9. The van der Waals surface area contributed by atoms with Crippen LogP contribution in [-0.4, -0.2) is 21.3 Å². The first-order valence-electron chi connectivity index (χ1n) is 8.94. The summed E-state index contributed by atoms with van der Waals surface area (Å²) in [6, 6.07) is 14.7. The minimum atomic E-state index is -1.32. The van der Waals surface area contributed by atoms with Gasteiger partial charge in [-0.2, -0.15) is 0 Å². The number of hydrogen-bond acceptors (Lipinski definition) is 7. The number of benzene rings is 3. The van der Waals surface area contributed by atoms with E-state index in [1.54, 1.807) is 30.3 Å². The van der Waals surface area contributed by atoms with Crippen LogP contribution in [0.25, 0.3) is 0 Å². The van der Waals surface area contributed by atoms with Crippen molar-refractivity contribution in [2.75, 3.05) is 5.43 Å². The molecule has 3 aromatic carbocycles. The Morgan fingerprint density at radius 2 is 1.80 bits per heavy atom. The highest BCUT2D eigenvalue weighted by Crippen LogP contribution is 2.59. The molecule has 1 unspecified atom stereocenters. The summed E-state index contributed by atoms with van der Waals surface area (Å²) in [5.41, 5.74) is 11.7. The Bertz CT molecular complexity index is 1250. The Balaban J connectivity index is 1.83. The van der Waals surface area contributed by atoms with Crippen molar-refractivity contribution in [1.82, 2.24) is 5.43 Å². The first kappa shape index (κ1) is 18.1. The van der Waals surface area contributed by atoms with Crippen LogP contribution in [0.4, 0.5) is 5.69 Å². The van der Waals surface area contributed by atoms with Gasteiger partial charge in [-0.25, -0.2) is 4.79 Å². The molecule has 0 fully saturated rings. The van der Waals surface area contributed by atoms with Gasteiger partial charge in [0.15, 0.2) is 16.5 Å². The van der Waals surface area contributed by atoms with E-state index in [0.29, 0.717) is 22.3 Å². The maximum Gasteiger partial charge on any atom is 0.340 e. The third kappa shape index (κ3) is 2.39. The van der Waals surface area contributed by atoms with E-state index in [1.165, 1.54) is 18.2 Å². The lowest BCUT2D eigenvalue weighted by Gasteiger charge is -2.37. The molecular formula is C21H15N3O5S. The van der Waals surface area contributed by atoms with Gasteiger partial charge in [-0.3, -0.25) is 10.9 Å². The van der Waals surface area contributed by atoms with Crippen LogP contribution in [0.2, 0.25) is 0 Å². The van der Waals surface area contributed by atoms with E-state index in [0.717, 1.165) is 0 Å². The molecule has 0 saturated carbocycles. The number of rotatable bonds is 2. The van der Waals surface area contributed by atoms with Gasteiger partial charge in [0.2, 0.25) is 0 Å². The first-order chi connectivity index (χ1) is 14.4. The standard InChI is InChI=1S/C21H15N3O5S/c22-20(30)24-23-17-15(26)8-7-14-18(17)28-16-9-10(25)5-6-13(16)21(14)12-4-2-1-3-11(12)19(27)29-21/h1-9,23,25-26H,(H3,22,24,30). The van der Waals surface area contributed by atoms with Gasteiger partial charge in [-0.05, 0) is 42.5 Å². The summed E-state index contributed by atoms with van der Waals surface area (Å²) in [5, 5.41) is 20.4. The van der Waals surface area contributed by atoms with Gasteiger partial charge in [-0.1, -0.05) is 18.2 Å². The summed E-state index contributed by atoms with van der Waals surface area (Å²) in [6.07, 6.45) is 0. The average molecular weight is 421 g/mol. The minimum absolute atomic E-state index is 0.0270. The molecule has 2 aliphatic heterocycles. The molecule has 0 amide bonds. The van der Waals surface area contributed by atoms with Crippen molar-refractivity contribution in [1.29, 1.82) is 0 Å². The van der Waals surface area contributed by atoms with Gasteiger partial charge in [-0.15, -0.1) is 0 Å². The van der Waals surface area contributed by atoms with Crippen molar-refractivity contribution in [2.45, 2.75) is 5.60 Å². The second-order valence-electron chi connectivity index (χ2n) is 6.85. The summed E-state index contributed by atoms with van der Waals surface area (Å²) >= 11 is 4.82. The Morgan fingerprint density at radius 3 is 2.60 bits per heavy atom. The number of hydrogen-bond donors (Lipinski definition) is 5. The topological polar surface area (TPSA) is 126 Å². The lowest BCUT2D eigenvalue weighted by atomic mass is 9.77. The lowest BCUT2D eigenvalue weighted by molar-refractivity contribution is 0.0224. The molecule has 9 heteroatoms. The SMILES string of the molecule is NC(=S)NNc1c(O)ccc2c1Oc1cc(O)ccc1C21OC(=O)c2ccccc21. The van der Waals surface area contributed by atoms with Crippen molar-refractivity contribution in [3.05, 3.63) is 76.9 Å². The van der Waals surface area contributed by atoms with Gasteiger partial charge in [0.05, 0.1) is 11.1 Å². The van der Waals surface area contributed by atoms with E-state index in [9.17, 15) is 15.0 Å². The van der Waals surface area contributed by atoms with Gasteiger partial charge >= 0.3 is 5.97 Å². The molecule has 150 valence electrons. The molecule has 1 atom stereocenters. The Morgan fingerprint density at radius 1 is 1.03 bits per heavy atom. The smallest absolute Gasteiger partial charge is 0.340 e. The molecule has 3 aromatic rings. The second kappa shape index (κ2) is 6.26. The molecule has 0 radical (unpaired) electrons. The molecule has 8 nitrogen and oxygen atoms in total. The van der Waals surface area contributed by atoms with Crippen LogP contribution < -0.4 is 21.3 Å². The number of nitrogens with one attached hydrogen (secondary N) is 2. The number of anilines is 1. The zero-order chi connectivity index (χ0) is 21.0. The molecule has 2 heterocycles. The number of esters is 1. The third-order valence-corrected chi connectivity index (χ3v) is 5.26. The van der Waals surface area contributed by atoms with Crippen molar-refractivity contribution in [3.63, 3.8) is 0 Å². The molecule has 5 rings (SSSR count). The van der Waals surface area contributed by atoms with E-state index in [-0.39, 0.29) is 33.8 Å². The molecule has 0 aliphatic carbocycles. The van der Waals surface area contributed by atoms with Crippen molar-refractivity contribution >= 4 is 29.0 Å². The molecule has 1 spiro atoms. The molecule has 0 saturated heterocycles. The minimum Gasteiger partial charge on any atom is -0.508 e. The summed E-state index contributed by atoms with van der Waals surface area (Å²) in [7, 11) is 0. The largest absolute Gasteiger partial charge is 0.508 e. The molecule has 6 N–H and O–H groups in total. The number of carbonyl (C=O) groups excluding carboxylic acids is 1. The monoisotopic (exact) mass is 421 g/mol. The Labute approximate surface area is 175 Å².